The minimum atomic E-state index is -3.58. The molecule has 0 bridgehead atoms. The summed E-state index contributed by atoms with van der Waals surface area (Å²) in [5.41, 5.74) is 4.53. The van der Waals surface area contributed by atoms with Crippen LogP contribution in [0.5, 0.6) is 0 Å². The minimum absolute atomic E-state index is 0.0756. The SMILES string of the molecule is CCCCc1ccc(CS(=O)(=O)c2ccc(C)c(C(=O)N3CCN(C(C)c4ccccc4)CC3)c2)cc1. The van der Waals surface area contributed by atoms with Gasteiger partial charge in [-0.25, -0.2) is 8.42 Å². The average Bonchev–Trinajstić information content (AvgIpc) is 2.92. The van der Waals surface area contributed by atoms with E-state index < -0.39 is 9.84 Å². The maximum atomic E-state index is 13.4. The van der Waals surface area contributed by atoms with Gasteiger partial charge in [0, 0.05) is 37.8 Å². The molecule has 0 aliphatic carbocycles. The summed E-state index contributed by atoms with van der Waals surface area (Å²) >= 11 is 0. The number of carbonyl (C=O) groups is 1. The Kier molecular flexibility index (Phi) is 8.83. The highest BCUT2D eigenvalue weighted by molar-refractivity contribution is 7.90. The largest absolute Gasteiger partial charge is 0.336 e. The molecular formula is C31H38N2O3S. The molecule has 0 aromatic heterocycles. The van der Waals surface area contributed by atoms with Crippen molar-refractivity contribution in [1.29, 1.82) is 0 Å². The molecule has 0 radical (unpaired) electrons. The van der Waals surface area contributed by atoms with Crippen LogP contribution < -0.4 is 0 Å². The molecule has 0 N–H and O–H groups in total. The highest BCUT2D eigenvalue weighted by atomic mass is 32.2. The van der Waals surface area contributed by atoms with Crippen molar-refractivity contribution in [2.75, 3.05) is 26.2 Å². The zero-order valence-corrected chi connectivity index (χ0v) is 23.0. The number of aryl methyl sites for hydroxylation is 2. The van der Waals surface area contributed by atoms with Crippen molar-refractivity contribution < 1.29 is 13.2 Å². The molecule has 1 heterocycles. The number of rotatable bonds is 9. The quantitative estimate of drug-likeness (QED) is 0.358. The van der Waals surface area contributed by atoms with E-state index in [1.807, 2.05) is 42.2 Å². The number of amides is 1. The number of nitrogens with zero attached hydrogens (tertiary/aromatic N) is 2. The topological polar surface area (TPSA) is 57.7 Å². The van der Waals surface area contributed by atoms with Crippen molar-refractivity contribution >= 4 is 15.7 Å². The number of benzene rings is 3. The van der Waals surface area contributed by atoms with E-state index in [9.17, 15) is 13.2 Å². The molecule has 4 rings (SSSR count). The molecule has 1 unspecified atom stereocenters. The molecule has 1 saturated heterocycles. The number of carbonyl (C=O) groups excluding carboxylic acids is 1. The van der Waals surface area contributed by atoms with Gasteiger partial charge in [0.15, 0.2) is 9.84 Å². The van der Waals surface area contributed by atoms with Crippen molar-refractivity contribution in [3.8, 4) is 0 Å². The van der Waals surface area contributed by atoms with Crippen LogP contribution in [0.25, 0.3) is 0 Å². The van der Waals surface area contributed by atoms with E-state index in [1.165, 1.54) is 11.1 Å². The second kappa shape index (κ2) is 12.1. The molecular weight excluding hydrogens is 480 g/mol. The molecule has 1 aliphatic rings. The van der Waals surface area contributed by atoms with Crippen molar-refractivity contribution in [1.82, 2.24) is 9.80 Å². The second-order valence-corrected chi connectivity index (χ2v) is 12.1. The summed E-state index contributed by atoms with van der Waals surface area (Å²) in [6.07, 6.45) is 3.26. The first-order valence-corrected chi connectivity index (χ1v) is 14.9. The van der Waals surface area contributed by atoms with Crippen LogP contribution in [0.2, 0.25) is 0 Å². The molecule has 37 heavy (non-hydrogen) atoms. The molecule has 196 valence electrons. The van der Waals surface area contributed by atoms with Gasteiger partial charge >= 0.3 is 0 Å². The van der Waals surface area contributed by atoms with Gasteiger partial charge in [0.1, 0.15) is 0 Å². The molecule has 0 saturated carbocycles. The fraction of sp³-hybridized carbons (Fsp3) is 0.387. The summed E-state index contributed by atoms with van der Waals surface area (Å²) in [6.45, 7) is 9.04. The Balaban J connectivity index is 1.43. The van der Waals surface area contributed by atoms with Crippen molar-refractivity contribution in [3.63, 3.8) is 0 Å². The van der Waals surface area contributed by atoms with Gasteiger partial charge in [-0.1, -0.05) is 74.0 Å². The number of hydrogen-bond donors (Lipinski definition) is 0. The molecule has 1 fully saturated rings. The van der Waals surface area contributed by atoms with Gasteiger partial charge in [0.2, 0.25) is 0 Å². The standard InChI is InChI=1S/C31H38N2O3S/c1-4-5-9-26-13-15-27(16-14-26)23-37(35,36)29-17-12-24(2)30(22-29)31(34)33-20-18-32(19-21-33)25(3)28-10-7-6-8-11-28/h6-8,10-17,22,25H,4-5,9,18-21,23H2,1-3H3. The van der Waals surface area contributed by atoms with E-state index in [0.29, 0.717) is 18.7 Å². The lowest BCUT2D eigenvalue weighted by Gasteiger charge is -2.38. The summed E-state index contributed by atoms with van der Waals surface area (Å²) in [7, 11) is -3.58. The summed E-state index contributed by atoms with van der Waals surface area (Å²) in [5, 5.41) is 0. The van der Waals surface area contributed by atoms with Gasteiger partial charge in [0.05, 0.1) is 10.6 Å². The smallest absolute Gasteiger partial charge is 0.254 e. The predicted molar refractivity (Wildman–Crippen MR) is 149 cm³/mol. The third-order valence-corrected chi connectivity index (χ3v) is 9.11. The highest BCUT2D eigenvalue weighted by Gasteiger charge is 2.27. The maximum Gasteiger partial charge on any atom is 0.254 e. The molecule has 3 aromatic carbocycles. The van der Waals surface area contributed by atoms with Crippen LogP contribution in [-0.2, 0) is 22.0 Å². The predicted octanol–water partition coefficient (Wildman–Crippen LogP) is 5.83. The Hall–Kier alpha value is -2.96. The zero-order valence-electron chi connectivity index (χ0n) is 22.2. The lowest BCUT2D eigenvalue weighted by Crippen LogP contribution is -2.49. The summed E-state index contributed by atoms with van der Waals surface area (Å²) in [5.74, 6) is -0.171. The van der Waals surface area contributed by atoms with Crippen LogP contribution in [0.15, 0.2) is 77.7 Å². The van der Waals surface area contributed by atoms with E-state index in [2.05, 4.69) is 43.0 Å². The van der Waals surface area contributed by atoms with Gasteiger partial charge in [0.25, 0.3) is 5.91 Å². The molecule has 1 amide bonds. The van der Waals surface area contributed by atoms with Crippen LogP contribution in [-0.4, -0.2) is 50.3 Å². The molecule has 3 aromatic rings. The Morgan fingerprint density at radius 1 is 0.892 bits per heavy atom. The maximum absolute atomic E-state index is 13.4. The first-order chi connectivity index (χ1) is 17.8. The van der Waals surface area contributed by atoms with E-state index in [0.717, 1.165) is 43.5 Å². The average molecular weight is 519 g/mol. The lowest BCUT2D eigenvalue weighted by atomic mass is 10.1. The monoisotopic (exact) mass is 518 g/mol. The first kappa shape index (κ1) is 27.1. The van der Waals surface area contributed by atoms with Gasteiger partial charge in [-0.15, -0.1) is 0 Å². The molecule has 1 aliphatic heterocycles. The Bertz CT molecular complexity index is 1300. The summed E-state index contributed by atoms with van der Waals surface area (Å²) in [4.78, 5) is 17.9. The van der Waals surface area contributed by atoms with Gasteiger partial charge in [-0.2, -0.15) is 0 Å². The Morgan fingerprint density at radius 3 is 2.19 bits per heavy atom. The van der Waals surface area contributed by atoms with Crippen LogP contribution >= 0.6 is 0 Å². The third kappa shape index (κ3) is 6.68. The zero-order chi connectivity index (χ0) is 26.4. The van der Waals surface area contributed by atoms with E-state index in [4.69, 9.17) is 0 Å². The Morgan fingerprint density at radius 2 is 1.54 bits per heavy atom. The molecule has 0 spiro atoms. The van der Waals surface area contributed by atoms with Gasteiger partial charge in [-0.05, 0) is 61.1 Å². The van der Waals surface area contributed by atoms with E-state index in [1.54, 1.807) is 18.2 Å². The fourth-order valence-corrected chi connectivity index (χ4v) is 6.31. The highest BCUT2D eigenvalue weighted by Crippen LogP contribution is 2.24. The number of sulfone groups is 1. The van der Waals surface area contributed by atoms with E-state index in [-0.39, 0.29) is 22.6 Å². The number of hydrogen-bond acceptors (Lipinski definition) is 4. The molecule has 6 heteroatoms. The summed E-state index contributed by atoms with van der Waals surface area (Å²) < 4.78 is 26.5. The first-order valence-electron chi connectivity index (χ1n) is 13.3. The van der Waals surface area contributed by atoms with Crippen LogP contribution in [0.4, 0.5) is 0 Å². The van der Waals surface area contributed by atoms with Gasteiger partial charge in [-0.3, -0.25) is 9.69 Å². The van der Waals surface area contributed by atoms with Crippen LogP contribution in [0.1, 0.15) is 65.3 Å². The minimum Gasteiger partial charge on any atom is -0.336 e. The third-order valence-electron chi connectivity index (χ3n) is 7.43. The van der Waals surface area contributed by atoms with Crippen molar-refractivity contribution in [2.45, 2.75) is 56.7 Å². The van der Waals surface area contributed by atoms with Crippen molar-refractivity contribution in [2.24, 2.45) is 0 Å². The van der Waals surface area contributed by atoms with E-state index >= 15 is 0 Å². The Labute approximate surface area is 222 Å². The van der Waals surface area contributed by atoms with Gasteiger partial charge < -0.3 is 4.90 Å². The molecule has 1 atom stereocenters. The van der Waals surface area contributed by atoms with Crippen molar-refractivity contribution in [3.05, 3.63) is 101 Å². The second-order valence-electron chi connectivity index (χ2n) is 10.1. The normalized spacial score (nSPS) is 15.5. The number of piperazine rings is 1. The lowest BCUT2D eigenvalue weighted by molar-refractivity contribution is 0.0581. The van der Waals surface area contributed by atoms with Crippen LogP contribution in [0.3, 0.4) is 0 Å². The fourth-order valence-electron chi connectivity index (χ4n) is 4.94. The molecule has 5 nitrogen and oxygen atoms in total. The summed E-state index contributed by atoms with van der Waals surface area (Å²) in [6, 6.07) is 23.5. The van der Waals surface area contributed by atoms with Crippen LogP contribution in [0, 0.1) is 6.92 Å². The number of unbranched alkanes of at least 4 members (excludes halogenated alkanes) is 1.